The molecule has 1 aliphatic heterocycles. The van der Waals surface area contributed by atoms with Gasteiger partial charge >= 0.3 is 5.97 Å². The van der Waals surface area contributed by atoms with E-state index in [0.29, 0.717) is 33.2 Å². The number of halogens is 1. The van der Waals surface area contributed by atoms with Crippen LogP contribution in [0.4, 0.5) is 0 Å². The Morgan fingerprint density at radius 1 is 1.00 bits per heavy atom. The molecule has 0 saturated carbocycles. The van der Waals surface area contributed by atoms with Crippen LogP contribution in [-0.2, 0) is 0 Å². The Balaban J connectivity index is 1.54. The van der Waals surface area contributed by atoms with Gasteiger partial charge < -0.3 is 14.2 Å². The van der Waals surface area contributed by atoms with Gasteiger partial charge in [0.1, 0.15) is 17.2 Å². The minimum Gasteiger partial charge on any atom is -0.497 e. The molecule has 5 nitrogen and oxygen atoms in total. The quantitative estimate of drug-likeness (QED) is 0.339. The molecule has 0 spiro atoms. The van der Waals surface area contributed by atoms with Crippen LogP contribution in [0.2, 0.25) is 5.02 Å². The first-order chi connectivity index (χ1) is 14.0. The predicted octanol–water partition coefficient (Wildman–Crippen LogP) is 5.18. The predicted molar refractivity (Wildman–Crippen MR) is 109 cm³/mol. The second kappa shape index (κ2) is 7.81. The van der Waals surface area contributed by atoms with Gasteiger partial charge in [0.25, 0.3) is 0 Å². The summed E-state index contributed by atoms with van der Waals surface area (Å²) < 4.78 is 16.2. The molecule has 0 bridgehead atoms. The molecule has 29 heavy (non-hydrogen) atoms. The van der Waals surface area contributed by atoms with Crippen molar-refractivity contribution in [2.45, 2.75) is 0 Å². The van der Waals surface area contributed by atoms with Crippen LogP contribution in [0, 0.1) is 0 Å². The Kier molecular flexibility index (Phi) is 5.06. The average molecular weight is 407 g/mol. The molecular weight excluding hydrogens is 392 g/mol. The van der Waals surface area contributed by atoms with Crippen molar-refractivity contribution < 1.29 is 23.8 Å². The van der Waals surface area contributed by atoms with Crippen molar-refractivity contribution in [3.8, 4) is 17.2 Å². The highest BCUT2D eigenvalue weighted by Crippen LogP contribution is 2.35. The van der Waals surface area contributed by atoms with Crippen LogP contribution >= 0.6 is 11.6 Å². The minimum atomic E-state index is -0.524. The number of esters is 1. The molecule has 0 aliphatic carbocycles. The van der Waals surface area contributed by atoms with E-state index >= 15 is 0 Å². The summed E-state index contributed by atoms with van der Waals surface area (Å²) in [6.07, 6.45) is 1.59. The third-order valence-corrected chi connectivity index (χ3v) is 4.71. The van der Waals surface area contributed by atoms with Gasteiger partial charge in [0.2, 0.25) is 5.78 Å². The number of fused-ring (bicyclic) bond motifs is 1. The third kappa shape index (κ3) is 3.86. The number of carbonyl (C=O) groups is 2. The first kappa shape index (κ1) is 18.8. The van der Waals surface area contributed by atoms with Crippen LogP contribution in [0.3, 0.4) is 0 Å². The van der Waals surface area contributed by atoms with E-state index in [1.54, 1.807) is 67.8 Å². The van der Waals surface area contributed by atoms with Crippen molar-refractivity contribution in [2.75, 3.05) is 7.11 Å². The molecule has 4 rings (SSSR count). The van der Waals surface area contributed by atoms with Gasteiger partial charge in [-0.3, -0.25) is 4.79 Å². The first-order valence-electron chi connectivity index (χ1n) is 8.74. The van der Waals surface area contributed by atoms with Crippen LogP contribution in [0.5, 0.6) is 17.2 Å². The molecule has 3 aromatic carbocycles. The standard InChI is InChI=1S/C23H15ClO5/c1-27-16-8-6-14(7-9-16)23(26)28-17-10-11-18-20(13-17)29-21(22(18)25)12-15-4-2-3-5-19(15)24/h2-13H,1H3. The smallest absolute Gasteiger partial charge is 0.343 e. The minimum absolute atomic E-state index is 0.159. The number of methoxy groups -OCH3 is 1. The second-order valence-corrected chi connectivity index (χ2v) is 6.64. The number of ketones is 1. The first-order valence-corrected chi connectivity index (χ1v) is 9.12. The Labute approximate surface area is 172 Å². The van der Waals surface area contributed by atoms with Gasteiger partial charge in [-0.2, -0.15) is 0 Å². The fourth-order valence-corrected chi connectivity index (χ4v) is 3.05. The van der Waals surface area contributed by atoms with Crippen LogP contribution in [0.25, 0.3) is 6.08 Å². The summed E-state index contributed by atoms with van der Waals surface area (Å²) in [4.78, 5) is 24.9. The molecule has 0 aromatic heterocycles. The normalized spacial score (nSPS) is 13.7. The zero-order valence-corrected chi connectivity index (χ0v) is 16.1. The van der Waals surface area contributed by atoms with Gasteiger partial charge in [-0.05, 0) is 54.1 Å². The van der Waals surface area contributed by atoms with Crippen LogP contribution in [0.15, 0.2) is 72.5 Å². The number of carbonyl (C=O) groups excluding carboxylic acids is 2. The lowest BCUT2D eigenvalue weighted by Gasteiger charge is -2.06. The fourth-order valence-electron chi connectivity index (χ4n) is 2.86. The third-order valence-electron chi connectivity index (χ3n) is 4.37. The molecule has 1 heterocycles. The van der Waals surface area contributed by atoms with Crippen molar-refractivity contribution in [2.24, 2.45) is 0 Å². The highest BCUT2D eigenvalue weighted by atomic mass is 35.5. The molecule has 0 unspecified atom stereocenters. The fraction of sp³-hybridized carbons (Fsp3) is 0.0435. The van der Waals surface area contributed by atoms with E-state index in [1.165, 1.54) is 6.07 Å². The van der Waals surface area contributed by atoms with Crippen LogP contribution < -0.4 is 14.2 Å². The summed E-state index contributed by atoms with van der Waals surface area (Å²) >= 11 is 6.14. The summed E-state index contributed by atoms with van der Waals surface area (Å²) in [5.41, 5.74) is 1.45. The Morgan fingerprint density at radius 2 is 1.72 bits per heavy atom. The molecule has 0 amide bonds. The molecule has 1 aliphatic rings. The maximum absolute atomic E-state index is 12.6. The number of hydrogen-bond acceptors (Lipinski definition) is 5. The zero-order chi connectivity index (χ0) is 20.4. The zero-order valence-electron chi connectivity index (χ0n) is 15.3. The second-order valence-electron chi connectivity index (χ2n) is 6.24. The van der Waals surface area contributed by atoms with E-state index in [0.717, 1.165) is 0 Å². The summed E-state index contributed by atoms with van der Waals surface area (Å²) in [5.74, 6) is 0.622. The molecule has 6 heteroatoms. The average Bonchev–Trinajstić information content (AvgIpc) is 3.04. The Morgan fingerprint density at radius 3 is 2.45 bits per heavy atom. The topological polar surface area (TPSA) is 61.8 Å². The highest BCUT2D eigenvalue weighted by Gasteiger charge is 2.28. The van der Waals surface area contributed by atoms with Crippen molar-refractivity contribution in [3.05, 3.63) is 94.2 Å². The van der Waals surface area contributed by atoms with E-state index in [1.807, 2.05) is 6.07 Å². The maximum atomic E-state index is 12.6. The van der Waals surface area contributed by atoms with E-state index in [9.17, 15) is 9.59 Å². The van der Waals surface area contributed by atoms with E-state index in [2.05, 4.69) is 0 Å². The molecular formula is C23H15ClO5. The largest absolute Gasteiger partial charge is 0.497 e. The summed E-state index contributed by atoms with van der Waals surface area (Å²) in [7, 11) is 1.55. The molecule has 0 fully saturated rings. The number of Topliss-reactive ketones (excluding diaryl/α,β-unsaturated/α-hetero) is 1. The molecule has 0 atom stereocenters. The number of hydrogen-bond donors (Lipinski definition) is 0. The van der Waals surface area contributed by atoms with Gasteiger partial charge in [-0.25, -0.2) is 4.79 Å². The number of benzene rings is 3. The molecule has 3 aromatic rings. The molecule has 0 N–H and O–H groups in total. The van der Waals surface area contributed by atoms with E-state index in [-0.39, 0.29) is 17.3 Å². The van der Waals surface area contributed by atoms with Crippen molar-refractivity contribution in [1.82, 2.24) is 0 Å². The SMILES string of the molecule is COc1ccc(C(=O)Oc2ccc3c(c2)OC(=Cc2ccccc2Cl)C3=O)cc1. The molecule has 0 saturated heterocycles. The van der Waals surface area contributed by atoms with Crippen LogP contribution in [0.1, 0.15) is 26.3 Å². The van der Waals surface area contributed by atoms with Crippen molar-refractivity contribution in [3.63, 3.8) is 0 Å². The van der Waals surface area contributed by atoms with Gasteiger partial charge in [-0.15, -0.1) is 0 Å². The van der Waals surface area contributed by atoms with Crippen molar-refractivity contribution >= 4 is 29.4 Å². The van der Waals surface area contributed by atoms with E-state index in [4.69, 9.17) is 25.8 Å². The van der Waals surface area contributed by atoms with Gasteiger partial charge in [0.05, 0.1) is 18.2 Å². The Hall–Kier alpha value is -3.57. The number of ether oxygens (including phenoxy) is 3. The van der Waals surface area contributed by atoms with Crippen molar-refractivity contribution in [1.29, 1.82) is 0 Å². The maximum Gasteiger partial charge on any atom is 0.343 e. The highest BCUT2D eigenvalue weighted by molar-refractivity contribution is 6.32. The monoisotopic (exact) mass is 406 g/mol. The molecule has 0 radical (unpaired) electrons. The lowest BCUT2D eigenvalue weighted by atomic mass is 10.1. The number of rotatable bonds is 4. The van der Waals surface area contributed by atoms with E-state index < -0.39 is 5.97 Å². The summed E-state index contributed by atoms with van der Waals surface area (Å²) in [5, 5.41) is 0.515. The van der Waals surface area contributed by atoms with Crippen LogP contribution in [-0.4, -0.2) is 18.9 Å². The van der Waals surface area contributed by atoms with Gasteiger partial charge in [0, 0.05) is 11.1 Å². The lowest BCUT2D eigenvalue weighted by Crippen LogP contribution is -2.08. The Bertz CT molecular complexity index is 1130. The van der Waals surface area contributed by atoms with Gasteiger partial charge in [-0.1, -0.05) is 29.8 Å². The number of allylic oxidation sites excluding steroid dienone is 1. The summed E-state index contributed by atoms with van der Waals surface area (Å²) in [6, 6.07) is 18.4. The lowest BCUT2D eigenvalue weighted by molar-refractivity contribution is 0.0734. The summed E-state index contributed by atoms with van der Waals surface area (Å²) in [6.45, 7) is 0. The van der Waals surface area contributed by atoms with Gasteiger partial charge in [0.15, 0.2) is 5.76 Å². The molecule has 144 valence electrons.